The molecule has 154 valence electrons. The van der Waals surface area contributed by atoms with Crippen molar-refractivity contribution in [3.63, 3.8) is 0 Å². The second kappa shape index (κ2) is 10.4. The second-order valence-electron chi connectivity index (χ2n) is 6.67. The van der Waals surface area contributed by atoms with Crippen molar-refractivity contribution in [2.75, 3.05) is 0 Å². The largest absolute Gasteiger partial charge is 0.488 e. The molecule has 2 N–H and O–H groups in total. The molecule has 0 bridgehead atoms. The zero-order valence-electron chi connectivity index (χ0n) is 16.6. The van der Waals surface area contributed by atoms with Gasteiger partial charge in [-0.3, -0.25) is 4.79 Å². The number of carboxylic acid groups (broad SMARTS) is 1. The van der Waals surface area contributed by atoms with Gasteiger partial charge in [-0.25, -0.2) is 4.79 Å². The minimum atomic E-state index is -0.988. The molecule has 3 rings (SSSR count). The highest BCUT2D eigenvalue weighted by atomic mass is 16.5. The Morgan fingerprint density at radius 1 is 0.935 bits per heavy atom. The van der Waals surface area contributed by atoms with Gasteiger partial charge in [0.1, 0.15) is 24.0 Å². The number of rotatable bonds is 8. The number of hydrogen-bond donors (Lipinski definition) is 2. The summed E-state index contributed by atoms with van der Waals surface area (Å²) in [5.41, 5.74) is 2.50. The SMILES string of the molecule is N#C/C(=C\c1ccccc1OCc1ccc(C(=O)O)cc1)C(=O)NCc1ccccc1. The highest BCUT2D eigenvalue weighted by Gasteiger charge is 2.11. The number of benzene rings is 3. The van der Waals surface area contributed by atoms with E-state index in [9.17, 15) is 14.9 Å². The third-order valence-electron chi connectivity index (χ3n) is 4.48. The van der Waals surface area contributed by atoms with Crippen LogP contribution in [0.2, 0.25) is 0 Å². The van der Waals surface area contributed by atoms with E-state index < -0.39 is 11.9 Å². The van der Waals surface area contributed by atoms with Crippen LogP contribution in [0, 0.1) is 11.3 Å². The zero-order chi connectivity index (χ0) is 22.1. The van der Waals surface area contributed by atoms with Gasteiger partial charge in [-0.1, -0.05) is 60.7 Å². The highest BCUT2D eigenvalue weighted by molar-refractivity contribution is 6.01. The van der Waals surface area contributed by atoms with Crippen molar-refractivity contribution in [2.24, 2.45) is 0 Å². The van der Waals surface area contributed by atoms with E-state index in [2.05, 4.69) is 5.32 Å². The van der Waals surface area contributed by atoms with Crippen LogP contribution in [0.3, 0.4) is 0 Å². The van der Waals surface area contributed by atoms with Crippen LogP contribution in [-0.4, -0.2) is 17.0 Å². The molecule has 6 nitrogen and oxygen atoms in total. The van der Waals surface area contributed by atoms with Gasteiger partial charge >= 0.3 is 5.97 Å². The second-order valence-corrected chi connectivity index (χ2v) is 6.67. The van der Waals surface area contributed by atoms with Gasteiger partial charge in [0, 0.05) is 12.1 Å². The van der Waals surface area contributed by atoms with E-state index in [1.54, 1.807) is 36.4 Å². The van der Waals surface area contributed by atoms with E-state index in [-0.39, 0.29) is 17.7 Å². The predicted octanol–water partition coefficient (Wildman–Crippen LogP) is 4.19. The Balaban J connectivity index is 1.70. The Morgan fingerprint density at radius 3 is 2.29 bits per heavy atom. The average Bonchev–Trinajstić information content (AvgIpc) is 2.81. The van der Waals surface area contributed by atoms with Crippen molar-refractivity contribution in [3.05, 3.63) is 107 Å². The summed E-state index contributed by atoms with van der Waals surface area (Å²) < 4.78 is 5.84. The summed E-state index contributed by atoms with van der Waals surface area (Å²) in [4.78, 5) is 23.4. The van der Waals surface area contributed by atoms with Gasteiger partial charge in [-0.05, 0) is 35.4 Å². The molecule has 0 aliphatic carbocycles. The average molecular weight is 412 g/mol. The van der Waals surface area contributed by atoms with E-state index in [1.807, 2.05) is 36.4 Å². The van der Waals surface area contributed by atoms with Gasteiger partial charge < -0.3 is 15.2 Å². The Hall–Kier alpha value is -4.37. The lowest BCUT2D eigenvalue weighted by Gasteiger charge is -2.10. The third kappa shape index (κ3) is 6.05. The summed E-state index contributed by atoms with van der Waals surface area (Å²) in [6.07, 6.45) is 1.49. The number of nitrogens with zero attached hydrogens (tertiary/aromatic N) is 1. The third-order valence-corrected chi connectivity index (χ3v) is 4.48. The Morgan fingerprint density at radius 2 is 1.61 bits per heavy atom. The van der Waals surface area contributed by atoms with Crippen molar-refractivity contribution in [1.29, 1.82) is 5.26 Å². The normalized spacial score (nSPS) is 10.7. The van der Waals surface area contributed by atoms with Crippen LogP contribution in [-0.2, 0) is 17.9 Å². The summed E-state index contributed by atoms with van der Waals surface area (Å²) in [6.45, 7) is 0.538. The molecule has 31 heavy (non-hydrogen) atoms. The molecule has 0 aromatic heterocycles. The minimum Gasteiger partial charge on any atom is -0.488 e. The van der Waals surface area contributed by atoms with Crippen LogP contribution < -0.4 is 10.1 Å². The fourth-order valence-electron chi connectivity index (χ4n) is 2.81. The Bertz CT molecular complexity index is 1130. The molecule has 0 spiro atoms. The van der Waals surface area contributed by atoms with E-state index >= 15 is 0 Å². The quantitative estimate of drug-likeness (QED) is 0.427. The topological polar surface area (TPSA) is 99.4 Å². The Labute approximate surface area is 180 Å². The number of carboxylic acids is 1. The van der Waals surface area contributed by atoms with Crippen LogP contribution in [0.5, 0.6) is 5.75 Å². The number of amides is 1. The molecule has 0 saturated carbocycles. The van der Waals surface area contributed by atoms with Gasteiger partial charge in [0.2, 0.25) is 0 Å². The number of carbonyl (C=O) groups excluding carboxylic acids is 1. The fourth-order valence-corrected chi connectivity index (χ4v) is 2.81. The molecule has 6 heteroatoms. The molecule has 0 radical (unpaired) electrons. The molecule has 0 heterocycles. The van der Waals surface area contributed by atoms with E-state index in [1.165, 1.54) is 18.2 Å². The van der Waals surface area contributed by atoms with Gasteiger partial charge in [0.25, 0.3) is 5.91 Å². The first kappa shape index (κ1) is 21.3. The number of nitriles is 1. The minimum absolute atomic E-state index is 0.0298. The van der Waals surface area contributed by atoms with Crippen molar-refractivity contribution < 1.29 is 19.4 Å². The Kier molecular flexibility index (Phi) is 7.17. The number of aromatic carboxylic acids is 1. The maximum Gasteiger partial charge on any atom is 0.335 e. The summed E-state index contributed by atoms with van der Waals surface area (Å²) in [6, 6.07) is 24.8. The van der Waals surface area contributed by atoms with Crippen molar-refractivity contribution in [1.82, 2.24) is 5.32 Å². The molecule has 3 aromatic rings. The maximum absolute atomic E-state index is 12.4. The summed E-state index contributed by atoms with van der Waals surface area (Å²) in [7, 11) is 0. The summed E-state index contributed by atoms with van der Waals surface area (Å²) in [5.74, 6) is -0.948. The number of para-hydroxylation sites is 1. The fraction of sp³-hybridized carbons (Fsp3) is 0.0800. The van der Waals surface area contributed by atoms with E-state index in [4.69, 9.17) is 9.84 Å². The molecular weight excluding hydrogens is 392 g/mol. The standard InChI is InChI=1S/C25H20N2O4/c26-15-22(24(28)27-16-18-6-2-1-3-7-18)14-21-8-4-5-9-23(21)31-17-19-10-12-20(13-11-19)25(29)30/h1-14H,16-17H2,(H,27,28)(H,29,30)/b22-14+. The maximum atomic E-state index is 12.4. The molecule has 0 atom stereocenters. The number of carbonyl (C=O) groups is 2. The molecule has 1 amide bonds. The van der Waals surface area contributed by atoms with Gasteiger partial charge in [-0.2, -0.15) is 5.26 Å². The molecule has 0 saturated heterocycles. The van der Waals surface area contributed by atoms with Gasteiger partial charge in [0.05, 0.1) is 5.56 Å². The van der Waals surface area contributed by atoms with Crippen LogP contribution in [0.4, 0.5) is 0 Å². The van der Waals surface area contributed by atoms with Crippen LogP contribution >= 0.6 is 0 Å². The first-order chi connectivity index (χ1) is 15.1. The number of hydrogen-bond acceptors (Lipinski definition) is 4. The van der Waals surface area contributed by atoms with Crippen molar-refractivity contribution in [3.8, 4) is 11.8 Å². The lowest BCUT2D eigenvalue weighted by atomic mass is 10.1. The van der Waals surface area contributed by atoms with Crippen LogP contribution in [0.25, 0.3) is 6.08 Å². The molecule has 0 unspecified atom stereocenters. The molecule has 0 aliphatic rings. The first-order valence-electron chi connectivity index (χ1n) is 9.55. The molecule has 3 aromatic carbocycles. The predicted molar refractivity (Wildman–Crippen MR) is 116 cm³/mol. The zero-order valence-corrected chi connectivity index (χ0v) is 16.6. The van der Waals surface area contributed by atoms with Gasteiger partial charge in [-0.15, -0.1) is 0 Å². The molecule has 0 fully saturated rings. The van der Waals surface area contributed by atoms with Crippen LogP contribution in [0.15, 0.2) is 84.4 Å². The molecule has 0 aliphatic heterocycles. The van der Waals surface area contributed by atoms with Crippen molar-refractivity contribution in [2.45, 2.75) is 13.2 Å². The number of ether oxygens (including phenoxy) is 1. The lowest BCUT2D eigenvalue weighted by Crippen LogP contribution is -2.23. The van der Waals surface area contributed by atoms with Crippen molar-refractivity contribution >= 4 is 18.0 Å². The number of nitrogens with one attached hydrogen (secondary N) is 1. The smallest absolute Gasteiger partial charge is 0.335 e. The summed E-state index contributed by atoms with van der Waals surface area (Å²) in [5, 5.41) is 21.2. The van der Waals surface area contributed by atoms with Crippen LogP contribution in [0.1, 0.15) is 27.0 Å². The first-order valence-corrected chi connectivity index (χ1v) is 9.55. The van der Waals surface area contributed by atoms with Gasteiger partial charge in [0.15, 0.2) is 0 Å². The molecular formula is C25H20N2O4. The highest BCUT2D eigenvalue weighted by Crippen LogP contribution is 2.22. The summed E-state index contributed by atoms with van der Waals surface area (Å²) >= 11 is 0. The van der Waals surface area contributed by atoms with E-state index in [0.29, 0.717) is 17.9 Å². The monoisotopic (exact) mass is 412 g/mol. The lowest BCUT2D eigenvalue weighted by molar-refractivity contribution is -0.117. The van der Waals surface area contributed by atoms with E-state index in [0.717, 1.165) is 11.1 Å².